The molecule has 1 aromatic heterocycles. The fourth-order valence-electron chi connectivity index (χ4n) is 2.33. The molecule has 2 nitrogen and oxygen atoms in total. The molecule has 0 atom stereocenters. The Balaban J connectivity index is 2.27. The van der Waals surface area contributed by atoms with E-state index >= 15 is 0 Å². The van der Waals surface area contributed by atoms with Gasteiger partial charge in [0, 0.05) is 24.1 Å². The smallest absolute Gasteiger partial charge is 0.125 e. The molecule has 0 amide bonds. The lowest BCUT2D eigenvalue weighted by Gasteiger charge is -2.09. The van der Waals surface area contributed by atoms with E-state index in [1.54, 1.807) is 6.07 Å². The van der Waals surface area contributed by atoms with E-state index in [9.17, 15) is 4.39 Å². The molecule has 0 fully saturated rings. The third kappa shape index (κ3) is 2.29. The molecule has 0 spiro atoms. The standard InChI is InChI=1S/C16H14ClFN2/c1-11-2-5-13(6-3-11)20-15-10-12(18)4-7-14(15)19-16(20)8-9-17/h2-7,10H,8-9H2,1H3. The number of imidazole rings is 1. The van der Waals surface area contributed by atoms with Crippen LogP contribution in [-0.4, -0.2) is 15.4 Å². The van der Waals surface area contributed by atoms with E-state index in [1.165, 1.54) is 17.7 Å². The summed E-state index contributed by atoms with van der Waals surface area (Å²) in [7, 11) is 0. The quantitative estimate of drug-likeness (QED) is 0.659. The van der Waals surface area contributed by atoms with E-state index < -0.39 is 0 Å². The molecular formula is C16H14ClFN2. The van der Waals surface area contributed by atoms with Crippen LogP contribution in [0.1, 0.15) is 11.4 Å². The summed E-state index contributed by atoms with van der Waals surface area (Å²) in [4.78, 5) is 4.55. The van der Waals surface area contributed by atoms with Gasteiger partial charge in [-0.1, -0.05) is 17.7 Å². The van der Waals surface area contributed by atoms with Crippen LogP contribution in [0.5, 0.6) is 0 Å². The number of hydrogen-bond donors (Lipinski definition) is 0. The van der Waals surface area contributed by atoms with E-state index in [0.29, 0.717) is 12.3 Å². The van der Waals surface area contributed by atoms with Crippen molar-refractivity contribution in [3.05, 3.63) is 59.7 Å². The molecule has 0 bridgehead atoms. The average Bonchev–Trinajstić information content (AvgIpc) is 2.78. The molecule has 0 aliphatic carbocycles. The van der Waals surface area contributed by atoms with Gasteiger partial charge < -0.3 is 0 Å². The van der Waals surface area contributed by atoms with Crippen LogP contribution < -0.4 is 0 Å². The lowest BCUT2D eigenvalue weighted by molar-refractivity contribution is 0.629. The van der Waals surface area contributed by atoms with Crippen molar-refractivity contribution >= 4 is 22.6 Å². The minimum Gasteiger partial charge on any atom is -0.296 e. The molecule has 0 aliphatic rings. The minimum atomic E-state index is -0.261. The summed E-state index contributed by atoms with van der Waals surface area (Å²) in [5.74, 6) is 1.07. The van der Waals surface area contributed by atoms with E-state index in [1.807, 2.05) is 35.8 Å². The van der Waals surface area contributed by atoms with Crippen LogP contribution >= 0.6 is 11.6 Å². The van der Waals surface area contributed by atoms with Gasteiger partial charge in [0.05, 0.1) is 11.0 Å². The number of alkyl halides is 1. The molecule has 0 aliphatic heterocycles. The summed E-state index contributed by atoms with van der Waals surface area (Å²) in [6.45, 7) is 2.04. The van der Waals surface area contributed by atoms with Crippen LogP contribution in [0, 0.1) is 12.7 Å². The lowest BCUT2D eigenvalue weighted by atomic mass is 10.2. The van der Waals surface area contributed by atoms with Crippen molar-refractivity contribution in [2.45, 2.75) is 13.3 Å². The van der Waals surface area contributed by atoms with Gasteiger partial charge in [-0.3, -0.25) is 4.57 Å². The van der Waals surface area contributed by atoms with Gasteiger partial charge in [0.15, 0.2) is 0 Å². The zero-order chi connectivity index (χ0) is 14.1. The molecule has 0 saturated heterocycles. The van der Waals surface area contributed by atoms with Gasteiger partial charge in [0.25, 0.3) is 0 Å². The third-order valence-corrected chi connectivity index (χ3v) is 3.49. The van der Waals surface area contributed by atoms with Gasteiger partial charge in [-0.25, -0.2) is 9.37 Å². The normalized spacial score (nSPS) is 11.2. The number of benzene rings is 2. The van der Waals surface area contributed by atoms with Crippen LogP contribution in [0.25, 0.3) is 16.7 Å². The Labute approximate surface area is 121 Å². The highest BCUT2D eigenvalue weighted by molar-refractivity contribution is 6.17. The largest absolute Gasteiger partial charge is 0.296 e. The molecule has 3 rings (SSSR count). The first-order valence-electron chi connectivity index (χ1n) is 6.49. The van der Waals surface area contributed by atoms with Gasteiger partial charge in [-0.2, -0.15) is 0 Å². The molecule has 4 heteroatoms. The summed E-state index contributed by atoms with van der Waals surface area (Å²) in [6.07, 6.45) is 0.645. The molecule has 2 aromatic carbocycles. The summed E-state index contributed by atoms with van der Waals surface area (Å²) in [5, 5.41) is 0. The number of nitrogens with zero attached hydrogens (tertiary/aromatic N) is 2. The molecule has 3 aromatic rings. The summed E-state index contributed by atoms with van der Waals surface area (Å²) >= 11 is 5.85. The van der Waals surface area contributed by atoms with Crippen LogP contribution in [0.15, 0.2) is 42.5 Å². The zero-order valence-corrected chi connectivity index (χ0v) is 11.9. The van der Waals surface area contributed by atoms with E-state index in [4.69, 9.17) is 11.6 Å². The first-order valence-corrected chi connectivity index (χ1v) is 7.02. The third-order valence-electron chi connectivity index (χ3n) is 3.30. The number of halogens is 2. The highest BCUT2D eigenvalue weighted by atomic mass is 35.5. The van der Waals surface area contributed by atoms with E-state index in [-0.39, 0.29) is 5.82 Å². The number of fused-ring (bicyclic) bond motifs is 1. The molecule has 102 valence electrons. The predicted molar refractivity (Wildman–Crippen MR) is 80.2 cm³/mol. The highest BCUT2D eigenvalue weighted by Gasteiger charge is 2.12. The Kier molecular flexibility index (Phi) is 3.45. The monoisotopic (exact) mass is 288 g/mol. The Morgan fingerprint density at radius 3 is 2.60 bits per heavy atom. The lowest BCUT2D eigenvalue weighted by Crippen LogP contribution is -2.02. The van der Waals surface area contributed by atoms with Crippen molar-refractivity contribution in [2.24, 2.45) is 0 Å². The molecule has 1 heterocycles. The number of aryl methyl sites for hydroxylation is 2. The van der Waals surface area contributed by atoms with E-state index in [2.05, 4.69) is 4.98 Å². The maximum absolute atomic E-state index is 13.5. The van der Waals surface area contributed by atoms with E-state index in [0.717, 1.165) is 22.5 Å². The average molecular weight is 289 g/mol. The van der Waals surface area contributed by atoms with Crippen molar-refractivity contribution in [1.29, 1.82) is 0 Å². The minimum absolute atomic E-state index is 0.261. The molecule has 0 radical (unpaired) electrons. The van der Waals surface area contributed by atoms with Gasteiger partial charge >= 0.3 is 0 Å². The van der Waals surface area contributed by atoms with Crippen molar-refractivity contribution < 1.29 is 4.39 Å². The van der Waals surface area contributed by atoms with Crippen molar-refractivity contribution in [1.82, 2.24) is 9.55 Å². The number of rotatable bonds is 3. The number of aromatic nitrogens is 2. The Morgan fingerprint density at radius 1 is 1.15 bits per heavy atom. The fraction of sp³-hybridized carbons (Fsp3) is 0.188. The van der Waals surface area contributed by atoms with Crippen LogP contribution in [0.3, 0.4) is 0 Å². The van der Waals surface area contributed by atoms with Gasteiger partial charge in [-0.15, -0.1) is 11.6 Å². The second kappa shape index (κ2) is 5.25. The molecular weight excluding hydrogens is 275 g/mol. The second-order valence-electron chi connectivity index (χ2n) is 4.77. The van der Waals surface area contributed by atoms with Crippen LogP contribution in [-0.2, 0) is 6.42 Å². The maximum Gasteiger partial charge on any atom is 0.125 e. The molecule has 0 saturated carbocycles. The highest BCUT2D eigenvalue weighted by Crippen LogP contribution is 2.23. The predicted octanol–water partition coefficient (Wildman–Crippen LogP) is 4.25. The first kappa shape index (κ1) is 13.1. The Morgan fingerprint density at radius 2 is 1.90 bits per heavy atom. The van der Waals surface area contributed by atoms with Crippen LogP contribution in [0.4, 0.5) is 4.39 Å². The maximum atomic E-state index is 13.5. The van der Waals surface area contributed by atoms with Gasteiger partial charge in [0.1, 0.15) is 11.6 Å². The van der Waals surface area contributed by atoms with Crippen molar-refractivity contribution in [3.8, 4) is 5.69 Å². The molecule has 0 N–H and O–H groups in total. The summed E-state index contributed by atoms with van der Waals surface area (Å²) in [6, 6.07) is 12.7. The second-order valence-corrected chi connectivity index (χ2v) is 5.15. The topological polar surface area (TPSA) is 17.8 Å². The Hall–Kier alpha value is -1.87. The Bertz CT molecular complexity index is 747. The van der Waals surface area contributed by atoms with Crippen LogP contribution in [0.2, 0.25) is 0 Å². The van der Waals surface area contributed by atoms with Gasteiger partial charge in [0.2, 0.25) is 0 Å². The SMILES string of the molecule is Cc1ccc(-n2c(CCCl)nc3ccc(F)cc32)cc1. The zero-order valence-electron chi connectivity index (χ0n) is 11.1. The summed E-state index contributed by atoms with van der Waals surface area (Å²) < 4.78 is 15.5. The van der Waals surface area contributed by atoms with Crippen molar-refractivity contribution in [3.63, 3.8) is 0 Å². The summed E-state index contributed by atoms with van der Waals surface area (Å²) in [5.41, 5.74) is 3.72. The fourth-order valence-corrected chi connectivity index (χ4v) is 2.50. The van der Waals surface area contributed by atoms with Crippen molar-refractivity contribution in [2.75, 3.05) is 5.88 Å². The number of hydrogen-bond acceptors (Lipinski definition) is 1. The molecule has 0 unspecified atom stereocenters. The molecule has 20 heavy (non-hydrogen) atoms. The first-order chi connectivity index (χ1) is 9.69. The van der Waals surface area contributed by atoms with Gasteiger partial charge in [-0.05, 0) is 31.2 Å².